The molecule has 2 N–H and O–H groups in total. The SMILES string of the molecule is CC(CO)N(C)C(=O)NCCc1cccc(Cl)c1. The molecule has 0 aromatic heterocycles. The zero-order chi connectivity index (χ0) is 13.5. The number of urea groups is 1. The molecule has 0 spiro atoms. The van der Waals surface area contributed by atoms with E-state index < -0.39 is 0 Å². The molecular weight excluding hydrogens is 252 g/mol. The number of halogens is 1. The number of aliphatic hydroxyl groups is 1. The zero-order valence-corrected chi connectivity index (χ0v) is 11.4. The first-order valence-electron chi connectivity index (χ1n) is 5.90. The summed E-state index contributed by atoms with van der Waals surface area (Å²) in [5.74, 6) is 0. The number of hydrogen-bond donors (Lipinski definition) is 2. The molecule has 1 unspecified atom stereocenters. The van der Waals surface area contributed by atoms with Gasteiger partial charge in [-0.3, -0.25) is 0 Å². The summed E-state index contributed by atoms with van der Waals surface area (Å²) >= 11 is 5.87. The third kappa shape index (κ3) is 4.55. The number of aliphatic hydroxyl groups excluding tert-OH is 1. The van der Waals surface area contributed by atoms with Crippen molar-refractivity contribution in [3.63, 3.8) is 0 Å². The van der Waals surface area contributed by atoms with Gasteiger partial charge in [0.15, 0.2) is 0 Å². The van der Waals surface area contributed by atoms with E-state index in [2.05, 4.69) is 5.32 Å². The molecule has 0 aliphatic heterocycles. The van der Waals surface area contributed by atoms with Crippen molar-refractivity contribution in [2.45, 2.75) is 19.4 Å². The van der Waals surface area contributed by atoms with Crippen molar-refractivity contribution in [2.75, 3.05) is 20.2 Å². The summed E-state index contributed by atoms with van der Waals surface area (Å²) < 4.78 is 0. The first-order chi connectivity index (χ1) is 8.54. The molecule has 0 heterocycles. The minimum atomic E-state index is -0.184. The van der Waals surface area contributed by atoms with Gasteiger partial charge in [0, 0.05) is 18.6 Å². The van der Waals surface area contributed by atoms with Crippen LogP contribution in [0.4, 0.5) is 4.79 Å². The van der Waals surface area contributed by atoms with Crippen LogP contribution in [0.5, 0.6) is 0 Å². The average molecular weight is 271 g/mol. The molecular formula is C13H19ClN2O2. The molecule has 1 rings (SSSR count). The Morgan fingerprint density at radius 3 is 2.89 bits per heavy atom. The molecule has 1 aromatic carbocycles. The molecule has 0 saturated carbocycles. The Bertz CT molecular complexity index is 398. The second-order valence-corrected chi connectivity index (χ2v) is 4.69. The van der Waals surface area contributed by atoms with Gasteiger partial charge in [0.05, 0.1) is 12.6 Å². The van der Waals surface area contributed by atoms with Gasteiger partial charge in [-0.1, -0.05) is 23.7 Å². The largest absolute Gasteiger partial charge is 0.394 e. The van der Waals surface area contributed by atoms with Gasteiger partial charge < -0.3 is 15.3 Å². The van der Waals surface area contributed by atoms with E-state index in [9.17, 15) is 4.79 Å². The van der Waals surface area contributed by atoms with Crippen molar-refractivity contribution < 1.29 is 9.90 Å². The Labute approximate surface area is 113 Å². The van der Waals surface area contributed by atoms with Crippen LogP contribution in [0.1, 0.15) is 12.5 Å². The Morgan fingerprint density at radius 1 is 1.56 bits per heavy atom. The Balaban J connectivity index is 2.36. The van der Waals surface area contributed by atoms with Gasteiger partial charge in [-0.25, -0.2) is 4.79 Å². The number of nitrogens with one attached hydrogen (secondary N) is 1. The maximum atomic E-state index is 11.7. The van der Waals surface area contributed by atoms with E-state index in [4.69, 9.17) is 16.7 Å². The molecule has 4 nitrogen and oxygen atoms in total. The lowest BCUT2D eigenvalue weighted by molar-refractivity contribution is 0.157. The minimum Gasteiger partial charge on any atom is -0.394 e. The number of hydrogen-bond acceptors (Lipinski definition) is 2. The number of carbonyl (C=O) groups is 1. The molecule has 1 atom stereocenters. The molecule has 0 radical (unpaired) electrons. The molecule has 1 aromatic rings. The lowest BCUT2D eigenvalue weighted by atomic mass is 10.1. The number of nitrogens with zero attached hydrogens (tertiary/aromatic N) is 1. The quantitative estimate of drug-likeness (QED) is 0.859. The van der Waals surface area contributed by atoms with Gasteiger partial charge in [-0.05, 0) is 31.0 Å². The van der Waals surface area contributed by atoms with Crippen LogP contribution in [0.2, 0.25) is 5.02 Å². The predicted molar refractivity (Wildman–Crippen MR) is 72.9 cm³/mol. The fraction of sp³-hybridized carbons (Fsp3) is 0.462. The highest BCUT2D eigenvalue weighted by molar-refractivity contribution is 6.30. The second kappa shape index (κ2) is 7.24. The predicted octanol–water partition coefficient (Wildman–Crippen LogP) is 1.90. The summed E-state index contributed by atoms with van der Waals surface area (Å²) in [6, 6.07) is 7.20. The van der Waals surface area contributed by atoms with Gasteiger partial charge in [0.1, 0.15) is 0 Å². The highest BCUT2D eigenvalue weighted by Gasteiger charge is 2.13. The maximum Gasteiger partial charge on any atom is 0.317 e. The average Bonchev–Trinajstić information content (AvgIpc) is 2.36. The fourth-order valence-electron chi connectivity index (χ4n) is 1.45. The van der Waals surface area contributed by atoms with E-state index in [1.54, 1.807) is 14.0 Å². The van der Waals surface area contributed by atoms with Crippen LogP contribution in [0.25, 0.3) is 0 Å². The van der Waals surface area contributed by atoms with E-state index in [0.29, 0.717) is 11.6 Å². The van der Waals surface area contributed by atoms with Crippen molar-refractivity contribution in [3.05, 3.63) is 34.9 Å². The number of likely N-dealkylation sites (N-methyl/N-ethyl adjacent to an activating group) is 1. The van der Waals surface area contributed by atoms with Crippen LogP contribution in [0, 0.1) is 0 Å². The highest BCUT2D eigenvalue weighted by atomic mass is 35.5. The Hall–Kier alpha value is -1.26. The standard InChI is InChI=1S/C13H19ClN2O2/c1-10(9-17)16(2)13(18)15-7-6-11-4-3-5-12(14)8-11/h3-5,8,10,17H,6-7,9H2,1-2H3,(H,15,18). The van der Waals surface area contributed by atoms with Crippen molar-refractivity contribution in [1.82, 2.24) is 10.2 Å². The minimum absolute atomic E-state index is 0.0434. The number of rotatable bonds is 5. The normalized spacial score (nSPS) is 12.0. The van der Waals surface area contributed by atoms with Crippen molar-refractivity contribution in [1.29, 1.82) is 0 Å². The Kier molecular flexibility index (Phi) is 5.95. The number of amides is 2. The molecule has 5 heteroatoms. The third-order valence-corrected chi connectivity index (χ3v) is 3.06. The van der Waals surface area contributed by atoms with E-state index >= 15 is 0 Å². The zero-order valence-electron chi connectivity index (χ0n) is 10.7. The first kappa shape index (κ1) is 14.8. The van der Waals surface area contributed by atoms with Gasteiger partial charge in [0.25, 0.3) is 0 Å². The monoisotopic (exact) mass is 270 g/mol. The molecule has 0 aliphatic rings. The lowest BCUT2D eigenvalue weighted by Crippen LogP contribution is -2.44. The second-order valence-electron chi connectivity index (χ2n) is 4.25. The molecule has 0 fully saturated rings. The lowest BCUT2D eigenvalue weighted by Gasteiger charge is -2.23. The van der Waals surface area contributed by atoms with Crippen LogP contribution in [-0.4, -0.2) is 42.3 Å². The van der Waals surface area contributed by atoms with E-state index in [1.807, 2.05) is 24.3 Å². The van der Waals surface area contributed by atoms with E-state index in [-0.39, 0.29) is 18.7 Å². The van der Waals surface area contributed by atoms with Gasteiger partial charge in [0.2, 0.25) is 0 Å². The number of carbonyl (C=O) groups excluding carboxylic acids is 1. The first-order valence-corrected chi connectivity index (χ1v) is 6.28. The van der Waals surface area contributed by atoms with Gasteiger partial charge in [-0.2, -0.15) is 0 Å². The highest BCUT2D eigenvalue weighted by Crippen LogP contribution is 2.10. The Morgan fingerprint density at radius 2 is 2.28 bits per heavy atom. The third-order valence-electron chi connectivity index (χ3n) is 2.82. The van der Waals surface area contributed by atoms with Crippen molar-refractivity contribution >= 4 is 17.6 Å². The van der Waals surface area contributed by atoms with Crippen molar-refractivity contribution in [3.8, 4) is 0 Å². The smallest absolute Gasteiger partial charge is 0.317 e. The van der Waals surface area contributed by atoms with Crippen LogP contribution < -0.4 is 5.32 Å². The fourth-order valence-corrected chi connectivity index (χ4v) is 1.67. The summed E-state index contributed by atoms with van der Waals surface area (Å²) in [6.07, 6.45) is 0.730. The van der Waals surface area contributed by atoms with Crippen LogP contribution in [0.3, 0.4) is 0 Å². The van der Waals surface area contributed by atoms with Gasteiger partial charge in [-0.15, -0.1) is 0 Å². The summed E-state index contributed by atoms with van der Waals surface area (Å²) in [4.78, 5) is 13.2. The maximum absolute atomic E-state index is 11.7. The van der Waals surface area contributed by atoms with Crippen LogP contribution >= 0.6 is 11.6 Å². The van der Waals surface area contributed by atoms with Crippen LogP contribution in [-0.2, 0) is 6.42 Å². The van der Waals surface area contributed by atoms with Crippen molar-refractivity contribution in [2.24, 2.45) is 0 Å². The summed E-state index contributed by atoms with van der Waals surface area (Å²) in [5, 5.41) is 12.4. The molecule has 0 saturated heterocycles. The summed E-state index contributed by atoms with van der Waals surface area (Å²) in [5.41, 5.74) is 1.08. The summed E-state index contributed by atoms with van der Waals surface area (Å²) in [7, 11) is 1.66. The number of benzene rings is 1. The van der Waals surface area contributed by atoms with Gasteiger partial charge >= 0.3 is 6.03 Å². The van der Waals surface area contributed by atoms with E-state index in [0.717, 1.165) is 12.0 Å². The van der Waals surface area contributed by atoms with Crippen LogP contribution in [0.15, 0.2) is 24.3 Å². The molecule has 18 heavy (non-hydrogen) atoms. The molecule has 0 bridgehead atoms. The van der Waals surface area contributed by atoms with E-state index in [1.165, 1.54) is 4.90 Å². The molecule has 100 valence electrons. The topological polar surface area (TPSA) is 52.6 Å². The summed E-state index contributed by atoms with van der Waals surface area (Å²) in [6.45, 7) is 2.29. The molecule has 0 aliphatic carbocycles. The molecule has 2 amide bonds.